The molecule has 4 heterocycles. The van der Waals surface area contributed by atoms with Crippen LogP contribution in [0.4, 0.5) is 0 Å². The van der Waals surface area contributed by atoms with Crippen LogP contribution in [0.3, 0.4) is 0 Å². The summed E-state index contributed by atoms with van der Waals surface area (Å²) >= 11 is 0. The van der Waals surface area contributed by atoms with E-state index in [1.807, 2.05) is 60.7 Å². The van der Waals surface area contributed by atoms with Gasteiger partial charge in [0, 0.05) is 58.3 Å². The maximum Gasteiger partial charge on any atom is 0.136 e. The van der Waals surface area contributed by atoms with Crippen molar-refractivity contribution in [3.05, 3.63) is 132 Å². The molecule has 9 rings (SSSR count). The fourth-order valence-corrected chi connectivity index (χ4v) is 7.16. The summed E-state index contributed by atoms with van der Waals surface area (Å²) in [5, 5.41) is 3.85. The number of para-hydroxylation sites is 1. The molecule has 4 aromatic heterocycles. The van der Waals surface area contributed by atoms with Gasteiger partial charge in [-0.2, -0.15) is 0 Å². The van der Waals surface area contributed by atoms with Crippen LogP contribution in [0.1, 0.15) is 98.0 Å². The first-order valence-corrected chi connectivity index (χ1v) is 17.9. The van der Waals surface area contributed by atoms with Crippen molar-refractivity contribution in [1.29, 1.82) is 0 Å². The van der Waals surface area contributed by atoms with E-state index in [1.54, 1.807) is 24.4 Å². The second-order valence-electron chi connectivity index (χ2n) is 15.7. The normalized spacial score (nSPS) is 17.7. The number of fused-ring (bicyclic) bond motifs is 6. The molecule has 8 aromatic rings. The van der Waals surface area contributed by atoms with Gasteiger partial charge < -0.3 is 18.8 Å². The van der Waals surface area contributed by atoms with E-state index in [9.17, 15) is 1.37 Å². The van der Waals surface area contributed by atoms with Crippen molar-refractivity contribution in [3.63, 3.8) is 0 Å². The van der Waals surface area contributed by atoms with Crippen molar-refractivity contribution in [3.8, 4) is 22.5 Å². The van der Waals surface area contributed by atoms with Crippen molar-refractivity contribution < 1.29 is 38.5 Å². The Morgan fingerprint density at radius 1 is 0.792 bits per heavy atom. The molecule has 0 spiro atoms. The second kappa shape index (κ2) is 14.3. The summed E-state index contributed by atoms with van der Waals surface area (Å²) in [6.45, 7) is 6.43. The van der Waals surface area contributed by atoms with Crippen LogP contribution in [0.2, 0.25) is 0 Å². The van der Waals surface area contributed by atoms with Gasteiger partial charge in [0.1, 0.15) is 16.7 Å². The van der Waals surface area contributed by atoms with Gasteiger partial charge in [-0.1, -0.05) is 82.8 Å². The molecule has 1 aliphatic carbocycles. The Hall–Kier alpha value is -4.57. The van der Waals surface area contributed by atoms with E-state index in [1.165, 1.54) is 17.8 Å². The second-order valence-corrected chi connectivity index (χ2v) is 15.7. The molecule has 1 radical (unpaired) electrons. The number of nitrogens with zero attached hydrogens (tertiary/aromatic N) is 2. The van der Waals surface area contributed by atoms with Crippen molar-refractivity contribution in [2.45, 2.75) is 85.3 Å². The largest absolute Gasteiger partial charge is 0.501 e. The molecular weight excluding hydrogens is 829 g/mol. The zero-order valence-electron chi connectivity index (χ0n) is 37.6. The standard InChI is InChI=1S/C32H28NO2.C16H18N.Ir/c1-19-18-33-27(15-24(19)20-11-13-32(2,3)14-12-20)23-9-6-8-22-26-17-29-25(16-30(26)35-31(22)23)21-7-4-5-10-28(21)34-29;1-12-5-7-13(8-6-12)15-11-14(9-10-17-15)16(2,3)4;/h4-8,10,15-18,20H,11-14H2,1-3H3;5-7,9-11H,1-4H3;/q2*-1;/i1D3,20D;1D3;. The van der Waals surface area contributed by atoms with Gasteiger partial charge in [0.2, 0.25) is 0 Å². The number of aromatic nitrogens is 2. The third-order valence-corrected chi connectivity index (χ3v) is 10.4. The van der Waals surface area contributed by atoms with Crippen LogP contribution >= 0.6 is 0 Å². The first-order valence-electron chi connectivity index (χ1n) is 21.4. The summed E-state index contributed by atoms with van der Waals surface area (Å²) < 4.78 is 68.5. The molecule has 0 bridgehead atoms. The molecule has 0 amide bonds. The van der Waals surface area contributed by atoms with Gasteiger partial charge in [-0.15, -0.1) is 53.6 Å². The minimum Gasteiger partial charge on any atom is -0.501 e. The van der Waals surface area contributed by atoms with Crippen LogP contribution in [0, 0.1) is 31.3 Å². The average molecular weight is 882 g/mol. The van der Waals surface area contributed by atoms with E-state index in [-0.39, 0.29) is 36.5 Å². The van der Waals surface area contributed by atoms with Gasteiger partial charge in [0.05, 0.1) is 5.58 Å². The van der Waals surface area contributed by atoms with E-state index in [0.717, 1.165) is 62.4 Å². The topological polar surface area (TPSA) is 52.1 Å². The van der Waals surface area contributed by atoms with Crippen LogP contribution in [0.25, 0.3) is 66.4 Å². The molecule has 0 saturated heterocycles. The van der Waals surface area contributed by atoms with Gasteiger partial charge in [-0.05, 0) is 102 Å². The molecule has 0 atom stereocenters. The number of furan rings is 2. The van der Waals surface area contributed by atoms with E-state index in [4.69, 9.17) is 17.1 Å². The fraction of sp³-hybridized carbons (Fsp3) is 0.292. The van der Waals surface area contributed by atoms with Crippen molar-refractivity contribution in [1.82, 2.24) is 9.97 Å². The van der Waals surface area contributed by atoms with Gasteiger partial charge in [-0.3, -0.25) is 0 Å². The predicted octanol–water partition coefficient (Wildman–Crippen LogP) is 13.5. The molecule has 4 aromatic carbocycles. The molecule has 0 aliphatic heterocycles. The molecule has 5 heteroatoms. The molecule has 1 saturated carbocycles. The Bertz CT molecular complexity index is 2840. The predicted molar refractivity (Wildman–Crippen MR) is 215 cm³/mol. The van der Waals surface area contributed by atoms with E-state index >= 15 is 0 Å². The van der Waals surface area contributed by atoms with Crippen molar-refractivity contribution >= 4 is 43.9 Å². The Labute approximate surface area is 336 Å². The summed E-state index contributed by atoms with van der Waals surface area (Å²) in [4.78, 5) is 8.93. The molecule has 4 nitrogen and oxygen atoms in total. The first kappa shape index (κ1) is 28.9. The molecule has 1 aliphatic rings. The maximum atomic E-state index is 9.38. The quantitative estimate of drug-likeness (QED) is 0.166. The minimum absolute atomic E-state index is 0. The molecule has 0 N–H and O–H groups in total. The molecular formula is C48H46IrN2O2-2. The van der Waals surface area contributed by atoms with Crippen molar-refractivity contribution in [2.24, 2.45) is 5.41 Å². The van der Waals surface area contributed by atoms with Gasteiger partial charge in [0.15, 0.2) is 0 Å². The van der Waals surface area contributed by atoms with Crippen LogP contribution in [-0.4, -0.2) is 9.97 Å². The van der Waals surface area contributed by atoms with E-state index < -0.39 is 19.6 Å². The monoisotopic (exact) mass is 882 g/mol. The summed E-state index contributed by atoms with van der Waals surface area (Å²) in [5.41, 5.74) is 8.22. The van der Waals surface area contributed by atoms with Crippen LogP contribution in [-0.2, 0) is 25.5 Å². The fourth-order valence-electron chi connectivity index (χ4n) is 7.16. The van der Waals surface area contributed by atoms with Gasteiger partial charge in [0.25, 0.3) is 0 Å². The number of aryl methyl sites for hydroxylation is 2. The Balaban J connectivity index is 0.000000220. The third-order valence-electron chi connectivity index (χ3n) is 10.4. The number of pyridine rings is 2. The zero-order chi connectivity index (χ0) is 42.1. The van der Waals surface area contributed by atoms with Crippen LogP contribution in [0.15, 0.2) is 106 Å². The molecule has 271 valence electrons. The van der Waals surface area contributed by atoms with Crippen LogP contribution in [0.5, 0.6) is 0 Å². The molecule has 53 heavy (non-hydrogen) atoms. The Morgan fingerprint density at radius 2 is 1.57 bits per heavy atom. The Kier molecular flexibility index (Phi) is 7.81. The number of rotatable bonds is 3. The number of benzene rings is 4. The first-order chi connectivity index (χ1) is 27.7. The molecule has 0 unspecified atom stereocenters. The molecule has 1 fully saturated rings. The average Bonchev–Trinajstić information content (AvgIpc) is 3.75. The van der Waals surface area contributed by atoms with Crippen molar-refractivity contribution in [2.75, 3.05) is 0 Å². The van der Waals surface area contributed by atoms with Gasteiger partial charge in [-0.25, -0.2) is 0 Å². The van der Waals surface area contributed by atoms with E-state index in [0.29, 0.717) is 40.8 Å². The van der Waals surface area contributed by atoms with E-state index in [2.05, 4.69) is 56.7 Å². The minimum atomic E-state index is -2.35. The smallest absolute Gasteiger partial charge is 0.136 e. The SMILES string of the molecule is [2H]C([2H])([2H])c1c[c-]c(-c2cc(C(C)(C)C)ccn2)cc1.[2H]C([2H])([2H])c1cnc(-c2[c-]ccc3c2oc2cc4c(cc23)oc2ccccc24)cc1C1([2H])CCC(C)(C)CC1.[Ir]. The summed E-state index contributed by atoms with van der Waals surface area (Å²) in [6.07, 6.45) is 6.17. The Morgan fingerprint density at radius 3 is 2.30 bits per heavy atom. The van der Waals surface area contributed by atoms with Gasteiger partial charge >= 0.3 is 0 Å². The third kappa shape index (κ3) is 7.35. The summed E-state index contributed by atoms with van der Waals surface area (Å²) in [7, 11) is 0. The number of hydrogen-bond donors (Lipinski definition) is 0. The number of hydrogen-bond acceptors (Lipinski definition) is 4. The summed E-state index contributed by atoms with van der Waals surface area (Å²) in [5.74, 6) is -0.982. The van der Waals surface area contributed by atoms with Crippen LogP contribution < -0.4 is 0 Å². The summed E-state index contributed by atoms with van der Waals surface area (Å²) in [6, 6.07) is 32.8. The maximum absolute atomic E-state index is 9.38. The zero-order valence-corrected chi connectivity index (χ0v) is 33.0.